The van der Waals surface area contributed by atoms with Gasteiger partial charge in [0, 0.05) is 26.3 Å². The van der Waals surface area contributed by atoms with Gasteiger partial charge >= 0.3 is 0 Å². The summed E-state index contributed by atoms with van der Waals surface area (Å²) < 4.78 is 1.69. The highest BCUT2D eigenvalue weighted by atomic mass is 16.2. The van der Waals surface area contributed by atoms with Crippen LogP contribution in [0, 0.1) is 11.3 Å². The van der Waals surface area contributed by atoms with Gasteiger partial charge in [-0.2, -0.15) is 10.4 Å². The fraction of sp³-hybridized carbons (Fsp3) is 0.312. The van der Waals surface area contributed by atoms with Crippen molar-refractivity contribution in [2.45, 2.75) is 19.0 Å². The first kappa shape index (κ1) is 14.3. The molecule has 1 fully saturated rings. The molecule has 1 aliphatic heterocycles. The Hall–Kier alpha value is -2.65. The molecule has 0 bridgehead atoms. The predicted octanol–water partition coefficient (Wildman–Crippen LogP) is 1.19. The maximum Gasteiger partial charge on any atom is 0.244 e. The highest BCUT2D eigenvalue weighted by Crippen LogP contribution is 2.20. The van der Waals surface area contributed by atoms with E-state index in [0.717, 1.165) is 17.7 Å². The Morgan fingerprint density at radius 2 is 2.36 bits per heavy atom. The summed E-state index contributed by atoms with van der Waals surface area (Å²) in [5, 5.41) is 16.3. The van der Waals surface area contributed by atoms with Crippen LogP contribution in [0.1, 0.15) is 17.5 Å². The largest absolute Gasteiger partial charge is 0.308 e. The van der Waals surface area contributed by atoms with Crippen molar-refractivity contribution in [2.75, 3.05) is 11.4 Å². The SMILES string of the molecule is Cn1cc(N2CC[C@@H](NCc3cccc(C#N)c3)C2=O)cn1. The first-order valence-corrected chi connectivity index (χ1v) is 7.20. The van der Waals surface area contributed by atoms with E-state index < -0.39 is 0 Å². The van der Waals surface area contributed by atoms with E-state index in [2.05, 4.69) is 16.5 Å². The van der Waals surface area contributed by atoms with E-state index in [4.69, 9.17) is 5.26 Å². The van der Waals surface area contributed by atoms with Gasteiger partial charge < -0.3 is 10.2 Å². The van der Waals surface area contributed by atoms with Gasteiger partial charge in [-0.25, -0.2) is 0 Å². The number of hydrogen-bond acceptors (Lipinski definition) is 4. The second-order valence-electron chi connectivity index (χ2n) is 5.40. The molecule has 1 saturated heterocycles. The number of carbonyl (C=O) groups is 1. The van der Waals surface area contributed by atoms with E-state index in [0.29, 0.717) is 18.7 Å². The molecule has 22 heavy (non-hydrogen) atoms. The summed E-state index contributed by atoms with van der Waals surface area (Å²) in [5.41, 5.74) is 2.48. The lowest BCUT2D eigenvalue weighted by molar-refractivity contribution is -0.118. The van der Waals surface area contributed by atoms with Crippen LogP contribution < -0.4 is 10.2 Å². The van der Waals surface area contributed by atoms with Crippen molar-refractivity contribution in [1.29, 1.82) is 5.26 Å². The van der Waals surface area contributed by atoms with E-state index in [9.17, 15) is 4.79 Å². The molecular weight excluding hydrogens is 278 g/mol. The minimum atomic E-state index is -0.189. The Labute approximate surface area is 129 Å². The summed E-state index contributed by atoms with van der Waals surface area (Å²) in [6.07, 6.45) is 4.32. The third-order valence-corrected chi connectivity index (χ3v) is 3.82. The summed E-state index contributed by atoms with van der Waals surface area (Å²) in [6, 6.07) is 9.35. The number of rotatable bonds is 4. The van der Waals surface area contributed by atoms with Gasteiger partial charge in [-0.3, -0.25) is 9.48 Å². The molecule has 0 saturated carbocycles. The van der Waals surface area contributed by atoms with E-state index in [-0.39, 0.29) is 11.9 Å². The van der Waals surface area contributed by atoms with Crippen molar-refractivity contribution in [3.8, 4) is 6.07 Å². The number of carbonyl (C=O) groups excluding carboxylic acids is 1. The van der Waals surface area contributed by atoms with Crippen LogP contribution in [0.5, 0.6) is 0 Å². The number of nitriles is 1. The standard InChI is InChI=1S/C16H17N5O/c1-20-11-14(10-19-20)21-6-5-15(16(21)22)18-9-13-4-2-3-12(7-13)8-17/h2-4,7,10-11,15,18H,5-6,9H2,1H3/t15-/m1/s1. The zero-order valence-electron chi connectivity index (χ0n) is 12.4. The van der Waals surface area contributed by atoms with Crippen molar-refractivity contribution in [2.24, 2.45) is 7.05 Å². The molecule has 1 N–H and O–H groups in total. The third-order valence-electron chi connectivity index (χ3n) is 3.82. The molecule has 1 atom stereocenters. The van der Waals surface area contributed by atoms with Gasteiger partial charge in [-0.1, -0.05) is 12.1 Å². The van der Waals surface area contributed by atoms with Crippen molar-refractivity contribution in [1.82, 2.24) is 15.1 Å². The van der Waals surface area contributed by atoms with Crippen LogP contribution in [-0.2, 0) is 18.4 Å². The van der Waals surface area contributed by atoms with Crippen molar-refractivity contribution in [3.63, 3.8) is 0 Å². The fourth-order valence-electron chi connectivity index (χ4n) is 2.67. The molecular formula is C16H17N5O. The molecule has 2 heterocycles. The molecule has 1 amide bonds. The summed E-state index contributed by atoms with van der Waals surface area (Å²) in [4.78, 5) is 14.2. The number of aryl methyl sites for hydroxylation is 1. The lowest BCUT2D eigenvalue weighted by atomic mass is 10.1. The Bertz CT molecular complexity index is 730. The normalized spacial score (nSPS) is 17.7. The van der Waals surface area contributed by atoms with E-state index >= 15 is 0 Å². The number of aromatic nitrogens is 2. The predicted molar refractivity (Wildman–Crippen MR) is 82.0 cm³/mol. The number of benzene rings is 1. The summed E-state index contributed by atoms with van der Waals surface area (Å²) in [7, 11) is 1.84. The van der Waals surface area contributed by atoms with Crippen LogP contribution in [0.4, 0.5) is 5.69 Å². The fourth-order valence-corrected chi connectivity index (χ4v) is 2.67. The van der Waals surface area contributed by atoms with Crippen molar-refractivity contribution < 1.29 is 4.79 Å². The molecule has 1 aromatic heterocycles. The molecule has 0 spiro atoms. The van der Waals surface area contributed by atoms with Gasteiger partial charge in [0.25, 0.3) is 0 Å². The molecule has 0 radical (unpaired) electrons. The van der Waals surface area contributed by atoms with Crippen LogP contribution in [0.15, 0.2) is 36.7 Å². The summed E-state index contributed by atoms with van der Waals surface area (Å²) in [6.45, 7) is 1.27. The van der Waals surface area contributed by atoms with Crippen molar-refractivity contribution >= 4 is 11.6 Å². The molecule has 1 aliphatic rings. The quantitative estimate of drug-likeness (QED) is 0.919. The number of hydrogen-bond donors (Lipinski definition) is 1. The molecule has 0 aliphatic carbocycles. The zero-order chi connectivity index (χ0) is 15.5. The van der Waals surface area contributed by atoms with Gasteiger partial charge in [0.2, 0.25) is 5.91 Å². The minimum absolute atomic E-state index is 0.0736. The van der Waals surface area contributed by atoms with Gasteiger partial charge in [0.05, 0.1) is 29.6 Å². The van der Waals surface area contributed by atoms with E-state index in [1.54, 1.807) is 21.8 Å². The Kier molecular flexibility index (Phi) is 3.90. The smallest absolute Gasteiger partial charge is 0.244 e. The van der Waals surface area contributed by atoms with Gasteiger partial charge in [0.1, 0.15) is 0 Å². The molecule has 6 nitrogen and oxygen atoms in total. The average Bonchev–Trinajstić information content (AvgIpc) is 3.11. The Morgan fingerprint density at radius 3 is 3.09 bits per heavy atom. The number of anilines is 1. The van der Waals surface area contributed by atoms with Crippen LogP contribution in [-0.4, -0.2) is 28.3 Å². The Morgan fingerprint density at radius 1 is 1.50 bits per heavy atom. The van der Waals surface area contributed by atoms with Crippen LogP contribution in [0.2, 0.25) is 0 Å². The minimum Gasteiger partial charge on any atom is -0.308 e. The van der Waals surface area contributed by atoms with E-state index in [1.165, 1.54) is 0 Å². The highest BCUT2D eigenvalue weighted by Gasteiger charge is 2.32. The lowest BCUT2D eigenvalue weighted by Gasteiger charge is -2.15. The molecule has 6 heteroatoms. The first-order chi connectivity index (χ1) is 10.7. The van der Waals surface area contributed by atoms with Crippen LogP contribution in [0.25, 0.3) is 0 Å². The number of nitrogens with zero attached hydrogens (tertiary/aromatic N) is 4. The Balaban J connectivity index is 1.62. The van der Waals surface area contributed by atoms with Gasteiger partial charge in [-0.15, -0.1) is 0 Å². The average molecular weight is 295 g/mol. The molecule has 3 rings (SSSR count). The maximum absolute atomic E-state index is 12.4. The lowest BCUT2D eigenvalue weighted by Crippen LogP contribution is -2.37. The van der Waals surface area contributed by atoms with Crippen LogP contribution >= 0.6 is 0 Å². The number of nitrogens with one attached hydrogen (secondary N) is 1. The monoisotopic (exact) mass is 295 g/mol. The van der Waals surface area contributed by atoms with Crippen LogP contribution in [0.3, 0.4) is 0 Å². The third kappa shape index (κ3) is 2.85. The highest BCUT2D eigenvalue weighted by molar-refractivity contribution is 5.99. The first-order valence-electron chi connectivity index (χ1n) is 7.20. The molecule has 2 aromatic rings. The van der Waals surface area contributed by atoms with Gasteiger partial charge in [-0.05, 0) is 24.1 Å². The summed E-state index contributed by atoms with van der Waals surface area (Å²) >= 11 is 0. The molecule has 1 aromatic carbocycles. The summed E-state index contributed by atoms with van der Waals surface area (Å²) in [5.74, 6) is 0.0736. The molecule has 0 unspecified atom stereocenters. The second-order valence-corrected chi connectivity index (χ2v) is 5.40. The van der Waals surface area contributed by atoms with Crippen molar-refractivity contribution in [3.05, 3.63) is 47.8 Å². The van der Waals surface area contributed by atoms with E-state index in [1.807, 2.05) is 31.4 Å². The second kappa shape index (κ2) is 6.00. The molecule has 112 valence electrons. The van der Waals surface area contributed by atoms with Gasteiger partial charge in [0.15, 0.2) is 0 Å². The topological polar surface area (TPSA) is 73.9 Å². The number of amides is 1. The zero-order valence-corrected chi connectivity index (χ0v) is 12.4. The maximum atomic E-state index is 12.4.